The number of hydrogen-bond donors (Lipinski definition) is 1. The van der Waals surface area contributed by atoms with Gasteiger partial charge in [-0.15, -0.1) is 0 Å². The second-order valence-electron chi connectivity index (χ2n) is 8.02. The number of rotatable bonds is 4. The van der Waals surface area contributed by atoms with E-state index in [4.69, 9.17) is 21.1 Å². The Morgan fingerprint density at radius 2 is 1.85 bits per heavy atom. The summed E-state index contributed by atoms with van der Waals surface area (Å²) in [6, 6.07) is 13.9. The van der Waals surface area contributed by atoms with Crippen LogP contribution >= 0.6 is 11.6 Å². The van der Waals surface area contributed by atoms with Gasteiger partial charge in [0.25, 0.3) is 5.91 Å². The zero-order chi connectivity index (χ0) is 23.1. The average Bonchev–Trinajstić information content (AvgIpc) is 2.84. The molecule has 2 unspecified atom stereocenters. The van der Waals surface area contributed by atoms with Crippen molar-refractivity contribution in [2.24, 2.45) is 0 Å². The molecule has 3 aromatic rings. The first-order valence-electron chi connectivity index (χ1n) is 10.6. The number of halogens is 1. The first-order valence-corrected chi connectivity index (χ1v) is 11.0. The highest BCUT2D eigenvalue weighted by atomic mass is 35.5. The molecule has 5 rings (SSSR count). The lowest BCUT2D eigenvalue weighted by Crippen LogP contribution is -2.49. The van der Waals surface area contributed by atoms with Gasteiger partial charge in [-0.2, -0.15) is 0 Å². The molecule has 0 radical (unpaired) electrons. The summed E-state index contributed by atoms with van der Waals surface area (Å²) in [6.07, 6.45) is 2.14. The van der Waals surface area contributed by atoms with Gasteiger partial charge in [-0.1, -0.05) is 29.8 Å². The van der Waals surface area contributed by atoms with E-state index in [9.17, 15) is 9.59 Å². The van der Waals surface area contributed by atoms with E-state index in [1.54, 1.807) is 37.3 Å². The molecule has 168 valence electrons. The van der Waals surface area contributed by atoms with Gasteiger partial charge in [0.2, 0.25) is 5.91 Å². The molecule has 1 aromatic heterocycles. The van der Waals surface area contributed by atoms with Crippen molar-refractivity contribution >= 4 is 29.2 Å². The number of benzene rings is 2. The van der Waals surface area contributed by atoms with Crippen LogP contribution in [-0.4, -0.2) is 42.5 Å². The van der Waals surface area contributed by atoms with Crippen LogP contribution in [0.3, 0.4) is 0 Å². The highest BCUT2D eigenvalue weighted by Crippen LogP contribution is 2.48. The fourth-order valence-electron chi connectivity index (χ4n) is 4.79. The third-order valence-electron chi connectivity index (χ3n) is 6.29. The Hall–Kier alpha value is -3.58. The van der Waals surface area contributed by atoms with Crippen molar-refractivity contribution < 1.29 is 19.1 Å². The summed E-state index contributed by atoms with van der Waals surface area (Å²) >= 11 is 5.94. The number of methoxy groups -OCH3 is 2. The van der Waals surface area contributed by atoms with E-state index in [0.717, 1.165) is 11.1 Å². The number of nitrogens with zero attached hydrogens (tertiary/aromatic N) is 2. The van der Waals surface area contributed by atoms with Crippen molar-refractivity contribution in [2.75, 3.05) is 26.1 Å². The van der Waals surface area contributed by atoms with Gasteiger partial charge in [0, 0.05) is 18.3 Å². The molecular formula is C25H22ClN3O4. The van der Waals surface area contributed by atoms with Crippen molar-refractivity contribution in [1.29, 1.82) is 0 Å². The molecule has 0 saturated carbocycles. The van der Waals surface area contributed by atoms with Crippen molar-refractivity contribution in [3.05, 3.63) is 82.0 Å². The van der Waals surface area contributed by atoms with Crippen LogP contribution < -0.4 is 14.8 Å². The van der Waals surface area contributed by atoms with Crippen molar-refractivity contribution in [3.63, 3.8) is 0 Å². The van der Waals surface area contributed by atoms with Gasteiger partial charge in [-0.05, 0) is 53.4 Å². The van der Waals surface area contributed by atoms with E-state index < -0.39 is 12.0 Å². The molecule has 33 heavy (non-hydrogen) atoms. The topological polar surface area (TPSA) is 80.8 Å². The minimum Gasteiger partial charge on any atom is -0.493 e. The smallest absolute Gasteiger partial charge is 0.254 e. The molecule has 8 heteroatoms. The van der Waals surface area contributed by atoms with Crippen LogP contribution in [0.2, 0.25) is 5.02 Å². The maximum absolute atomic E-state index is 13.7. The summed E-state index contributed by atoms with van der Waals surface area (Å²) in [7, 11) is 3.16. The van der Waals surface area contributed by atoms with Crippen molar-refractivity contribution in [3.8, 4) is 11.5 Å². The second kappa shape index (κ2) is 8.41. The molecule has 2 atom stereocenters. The fraction of sp³-hybridized carbons (Fsp3) is 0.240. The van der Waals surface area contributed by atoms with E-state index in [0.29, 0.717) is 46.4 Å². The fourth-order valence-corrected chi connectivity index (χ4v) is 4.90. The molecular weight excluding hydrogens is 442 g/mol. The highest BCUT2D eigenvalue weighted by molar-refractivity contribution is 6.30. The molecule has 2 amide bonds. The molecule has 2 aromatic carbocycles. The molecule has 2 aliphatic heterocycles. The van der Waals surface area contributed by atoms with Gasteiger partial charge in [0.1, 0.15) is 5.82 Å². The van der Waals surface area contributed by atoms with Gasteiger partial charge in [-0.25, -0.2) is 4.98 Å². The Morgan fingerprint density at radius 3 is 2.58 bits per heavy atom. The highest BCUT2D eigenvalue weighted by Gasteiger charge is 2.46. The number of aromatic nitrogens is 1. The zero-order valence-corrected chi connectivity index (χ0v) is 18.9. The molecule has 0 saturated heterocycles. The van der Waals surface area contributed by atoms with Gasteiger partial charge in [0.05, 0.1) is 31.2 Å². The number of ether oxygens (including phenoxy) is 2. The molecule has 0 spiro atoms. The first-order chi connectivity index (χ1) is 16.0. The minimum atomic E-state index is -0.631. The number of carbonyl (C=O) groups is 2. The van der Waals surface area contributed by atoms with Gasteiger partial charge in [-0.3, -0.25) is 9.59 Å². The molecule has 0 fully saturated rings. The summed E-state index contributed by atoms with van der Waals surface area (Å²) in [4.78, 5) is 33.1. The Balaban J connectivity index is 1.64. The number of nitrogens with one attached hydrogen (secondary N) is 1. The third-order valence-corrected chi connectivity index (χ3v) is 6.51. The van der Waals surface area contributed by atoms with E-state index in [1.165, 1.54) is 6.20 Å². The van der Waals surface area contributed by atoms with Crippen LogP contribution in [-0.2, 0) is 11.2 Å². The van der Waals surface area contributed by atoms with Gasteiger partial charge < -0.3 is 19.7 Å². The van der Waals surface area contributed by atoms with E-state index in [2.05, 4.69) is 10.3 Å². The SMILES string of the molecule is COc1cc2c(cc1OC)C1C(C(=O)Nc3ccc(Cl)cn3)c3ccccc3C(=O)N1CC2. The Morgan fingerprint density at radius 1 is 1.09 bits per heavy atom. The maximum Gasteiger partial charge on any atom is 0.254 e. The van der Waals surface area contributed by atoms with Crippen LogP contribution in [0.4, 0.5) is 5.82 Å². The number of pyridine rings is 1. The third kappa shape index (κ3) is 3.58. The standard InChI is InChI=1S/C25H22ClN3O4/c1-32-19-11-14-9-10-29-23(18(14)12-20(19)33-2)22(16-5-3-4-6-17(16)25(29)31)24(30)28-21-8-7-15(26)13-27-21/h3-8,11-13,22-23H,9-10H2,1-2H3,(H,27,28,30). The van der Waals surface area contributed by atoms with Crippen LogP contribution in [0.25, 0.3) is 0 Å². The number of amides is 2. The summed E-state index contributed by atoms with van der Waals surface area (Å²) < 4.78 is 11.0. The monoisotopic (exact) mass is 463 g/mol. The van der Waals surface area contributed by atoms with Crippen LogP contribution in [0.5, 0.6) is 11.5 Å². The Kier molecular flexibility index (Phi) is 5.42. The zero-order valence-electron chi connectivity index (χ0n) is 18.2. The van der Waals surface area contributed by atoms with Crippen molar-refractivity contribution in [1.82, 2.24) is 9.88 Å². The lowest BCUT2D eigenvalue weighted by Gasteiger charge is -2.45. The quantitative estimate of drug-likeness (QED) is 0.626. The molecule has 0 aliphatic carbocycles. The molecule has 1 N–H and O–H groups in total. The van der Waals surface area contributed by atoms with Crippen LogP contribution in [0.1, 0.15) is 39.0 Å². The normalized spacial score (nSPS) is 18.6. The second-order valence-corrected chi connectivity index (χ2v) is 8.45. The Bertz CT molecular complexity index is 1240. The van der Waals surface area contributed by atoms with E-state index in [1.807, 2.05) is 30.3 Å². The van der Waals surface area contributed by atoms with Crippen LogP contribution in [0, 0.1) is 0 Å². The Labute approximate surface area is 196 Å². The summed E-state index contributed by atoms with van der Waals surface area (Å²) in [6.45, 7) is 0.503. The molecule has 3 heterocycles. The molecule has 7 nitrogen and oxygen atoms in total. The van der Waals surface area contributed by atoms with E-state index in [-0.39, 0.29) is 11.8 Å². The maximum atomic E-state index is 13.7. The number of carbonyl (C=O) groups excluding carboxylic acids is 2. The van der Waals surface area contributed by atoms with Gasteiger partial charge >= 0.3 is 0 Å². The number of hydrogen-bond acceptors (Lipinski definition) is 5. The molecule has 0 bridgehead atoms. The summed E-state index contributed by atoms with van der Waals surface area (Å²) in [5.74, 6) is 0.621. The minimum absolute atomic E-state index is 0.0790. The first kappa shape index (κ1) is 21.3. The molecule has 2 aliphatic rings. The lowest BCUT2D eigenvalue weighted by molar-refractivity contribution is -0.119. The largest absolute Gasteiger partial charge is 0.493 e. The summed E-state index contributed by atoms with van der Waals surface area (Å²) in [5.41, 5.74) is 3.15. The van der Waals surface area contributed by atoms with E-state index >= 15 is 0 Å². The summed E-state index contributed by atoms with van der Waals surface area (Å²) in [5, 5.41) is 3.39. The predicted octanol–water partition coefficient (Wildman–Crippen LogP) is 4.23. The van der Waals surface area contributed by atoms with Gasteiger partial charge in [0.15, 0.2) is 11.5 Å². The number of anilines is 1. The average molecular weight is 464 g/mol. The number of fused-ring (bicyclic) bond motifs is 4. The predicted molar refractivity (Wildman–Crippen MR) is 124 cm³/mol. The lowest BCUT2D eigenvalue weighted by atomic mass is 9.75. The van der Waals surface area contributed by atoms with Crippen molar-refractivity contribution in [2.45, 2.75) is 18.4 Å². The van der Waals surface area contributed by atoms with Crippen LogP contribution in [0.15, 0.2) is 54.7 Å².